The molecule has 0 spiro atoms. The topological polar surface area (TPSA) is 89.9 Å². The van der Waals surface area contributed by atoms with Gasteiger partial charge in [-0.2, -0.15) is 0 Å². The van der Waals surface area contributed by atoms with Gasteiger partial charge in [0.2, 0.25) is 0 Å². The fourth-order valence-electron chi connectivity index (χ4n) is 1.87. The lowest BCUT2D eigenvalue weighted by Gasteiger charge is -2.21. The van der Waals surface area contributed by atoms with Gasteiger partial charge in [0.25, 0.3) is 0 Å². The van der Waals surface area contributed by atoms with E-state index < -0.39 is 11.4 Å². The molecule has 1 unspecified atom stereocenters. The second kappa shape index (κ2) is 6.04. The van der Waals surface area contributed by atoms with Crippen molar-refractivity contribution in [3.8, 4) is 0 Å². The number of aliphatic hydroxyl groups excluding tert-OH is 1. The van der Waals surface area contributed by atoms with Crippen molar-refractivity contribution in [1.29, 1.82) is 0 Å². The molecule has 0 aromatic carbocycles. The Morgan fingerprint density at radius 2 is 2.11 bits per heavy atom. The van der Waals surface area contributed by atoms with Crippen molar-refractivity contribution < 1.29 is 19.8 Å². The molecule has 1 fully saturated rings. The summed E-state index contributed by atoms with van der Waals surface area (Å²) in [5.74, 6) is -0.690. The van der Waals surface area contributed by atoms with E-state index in [1.54, 1.807) is 18.7 Å². The highest BCUT2D eigenvalue weighted by Crippen LogP contribution is 2.19. The highest BCUT2D eigenvalue weighted by Gasteiger charge is 2.28. The third-order valence-corrected chi connectivity index (χ3v) is 3.44. The van der Waals surface area contributed by atoms with Gasteiger partial charge in [0.05, 0.1) is 5.41 Å². The largest absolute Gasteiger partial charge is 0.481 e. The molecule has 1 aliphatic rings. The molecule has 2 amide bonds. The zero-order chi connectivity index (χ0) is 13.8. The van der Waals surface area contributed by atoms with Crippen LogP contribution < -0.4 is 5.32 Å². The molecule has 1 heterocycles. The summed E-state index contributed by atoms with van der Waals surface area (Å²) in [5, 5.41) is 20.6. The first kappa shape index (κ1) is 14.8. The van der Waals surface area contributed by atoms with Gasteiger partial charge in [0, 0.05) is 32.2 Å². The van der Waals surface area contributed by atoms with Gasteiger partial charge in [-0.1, -0.05) is 0 Å². The van der Waals surface area contributed by atoms with Crippen molar-refractivity contribution in [2.75, 3.05) is 26.2 Å². The zero-order valence-electron chi connectivity index (χ0n) is 11.0. The van der Waals surface area contributed by atoms with Crippen molar-refractivity contribution in [1.82, 2.24) is 10.2 Å². The average Bonchev–Trinajstić information content (AvgIpc) is 2.76. The molecule has 104 valence electrons. The molecule has 6 heteroatoms. The van der Waals surface area contributed by atoms with E-state index in [4.69, 9.17) is 10.2 Å². The van der Waals surface area contributed by atoms with Crippen LogP contribution >= 0.6 is 0 Å². The van der Waals surface area contributed by atoms with E-state index in [9.17, 15) is 9.59 Å². The normalized spacial score (nSPS) is 19.9. The molecule has 0 saturated carbocycles. The van der Waals surface area contributed by atoms with Crippen molar-refractivity contribution in [3.05, 3.63) is 0 Å². The number of urea groups is 1. The van der Waals surface area contributed by atoms with Gasteiger partial charge in [0.15, 0.2) is 0 Å². The van der Waals surface area contributed by atoms with Crippen molar-refractivity contribution >= 4 is 12.0 Å². The molecular weight excluding hydrogens is 236 g/mol. The summed E-state index contributed by atoms with van der Waals surface area (Å²) < 4.78 is 0. The summed E-state index contributed by atoms with van der Waals surface area (Å²) >= 11 is 0. The molecule has 0 aromatic rings. The number of aliphatic carboxylic acids is 1. The maximum absolute atomic E-state index is 11.7. The number of carboxylic acid groups (broad SMARTS) is 1. The number of likely N-dealkylation sites (tertiary alicyclic amines) is 1. The van der Waals surface area contributed by atoms with Crippen LogP contribution in [0.15, 0.2) is 0 Å². The number of amides is 2. The molecule has 6 nitrogen and oxygen atoms in total. The number of carbonyl (C=O) groups is 2. The predicted molar refractivity (Wildman–Crippen MR) is 66.2 cm³/mol. The van der Waals surface area contributed by atoms with Crippen molar-refractivity contribution in [3.63, 3.8) is 0 Å². The summed E-state index contributed by atoms with van der Waals surface area (Å²) in [6.07, 6.45) is 1.22. The van der Waals surface area contributed by atoms with E-state index in [0.29, 0.717) is 26.1 Å². The highest BCUT2D eigenvalue weighted by molar-refractivity contribution is 5.75. The Kier molecular flexibility index (Phi) is 4.95. The Labute approximate surface area is 107 Å². The van der Waals surface area contributed by atoms with E-state index in [2.05, 4.69) is 5.32 Å². The maximum atomic E-state index is 11.7. The molecule has 1 rings (SSSR count). The number of hydrogen-bond donors (Lipinski definition) is 3. The Hall–Kier alpha value is -1.30. The van der Waals surface area contributed by atoms with Gasteiger partial charge in [0.1, 0.15) is 0 Å². The van der Waals surface area contributed by atoms with Crippen LogP contribution in [-0.4, -0.2) is 53.4 Å². The monoisotopic (exact) mass is 258 g/mol. The van der Waals surface area contributed by atoms with Crippen LogP contribution in [-0.2, 0) is 4.79 Å². The first-order valence-electron chi connectivity index (χ1n) is 6.24. The number of rotatable bonds is 5. The highest BCUT2D eigenvalue weighted by atomic mass is 16.4. The summed E-state index contributed by atoms with van der Waals surface area (Å²) in [6, 6.07) is -0.174. The van der Waals surface area contributed by atoms with Gasteiger partial charge in [-0.15, -0.1) is 0 Å². The molecule has 0 aromatic heterocycles. The molecule has 0 bridgehead atoms. The van der Waals surface area contributed by atoms with Gasteiger partial charge in [-0.05, 0) is 26.7 Å². The van der Waals surface area contributed by atoms with Gasteiger partial charge < -0.3 is 20.4 Å². The number of nitrogens with zero attached hydrogens (tertiary/aromatic N) is 1. The fraction of sp³-hybridized carbons (Fsp3) is 0.833. The smallest absolute Gasteiger partial charge is 0.317 e. The van der Waals surface area contributed by atoms with Crippen LogP contribution in [0.5, 0.6) is 0 Å². The van der Waals surface area contributed by atoms with Crippen molar-refractivity contribution in [2.45, 2.75) is 26.7 Å². The quantitative estimate of drug-likeness (QED) is 0.670. The minimum Gasteiger partial charge on any atom is -0.481 e. The summed E-state index contributed by atoms with van der Waals surface area (Å²) in [4.78, 5) is 24.3. The lowest BCUT2D eigenvalue weighted by atomic mass is 9.90. The lowest BCUT2D eigenvalue weighted by Crippen LogP contribution is -2.40. The van der Waals surface area contributed by atoms with E-state index in [-0.39, 0.29) is 18.6 Å². The lowest BCUT2D eigenvalue weighted by molar-refractivity contribution is -0.147. The van der Waals surface area contributed by atoms with Crippen LogP contribution in [0.2, 0.25) is 0 Å². The minimum atomic E-state index is -0.863. The molecule has 1 atom stereocenters. The summed E-state index contributed by atoms with van der Waals surface area (Å²) in [7, 11) is 0. The SMILES string of the molecule is CC(C)(CCNC(=O)N1CCC(CO)C1)C(=O)O. The second-order valence-corrected chi connectivity index (χ2v) is 5.45. The number of carbonyl (C=O) groups excluding carboxylic acids is 1. The number of aliphatic hydroxyl groups is 1. The molecular formula is C12H22N2O4. The van der Waals surface area contributed by atoms with Crippen LogP contribution in [0.3, 0.4) is 0 Å². The molecule has 1 aliphatic heterocycles. The Morgan fingerprint density at radius 3 is 2.61 bits per heavy atom. The first-order chi connectivity index (χ1) is 8.36. The average molecular weight is 258 g/mol. The Bertz CT molecular complexity index is 317. The van der Waals surface area contributed by atoms with E-state index in [0.717, 1.165) is 6.42 Å². The number of carboxylic acids is 1. The third-order valence-electron chi connectivity index (χ3n) is 3.44. The van der Waals surface area contributed by atoms with Crippen LogP contribution in [0.1, 0.15) is 26.7 Å². The molecule has 18 heavy (non-hydrogen) atoms. The molecule has 0 radical (unpaired) electrons. The number of nitrogens with one attached hydrogen (secondary N) is 1. The second-order valence-electron chi connectivity index (χ2n) is 5.45. The van der Waals surface area contributed by atoms with Gasteiger partial charge in [-0.25, -0.2) is 4.79 Å². The van der Waals surface area contributed by atoms with E-state index in [1.807, 2.05) is 0 Å². The minimum absolute atomic E-state index is 0.107. The van der Waals surface area contributed by atoms with Crippen LogP contribution in [0.4, 0.5) is 4.79 Å². The molecule has 3 N–H and O–H groups in total. The van der Waals surface area contributed by atoms with Crippen molar-refractivity contribution in [2.24, 2.45) is 11.3 Å². The summed E-state index contributed by atoms with van der Waals surface area (Å²) in [5.41, 5.74) is -0.827. The third kappa shape index (κ3) is 3.87. The van der Waals surface area contributed by atoms with Crippen LogP contribution in [0, 0.1) is 11.3 Å². The van der Waals surface area contributed by atoms with Gasteiger partial charge in [-0.3, -0.25) is 4.79 Å². The summed E-state index contributed by atoms with van der Waals surface area (Å²) in [6.45, 7) is 4.95. The first-order valence-corrected chi connectivity index (χ1v) is 6.24. The van der Waals surface area contributed by atoms with E-state index in [1.165, 1.54) is 0 Å². The van der Waals surface area contributed by atoms with Crippen LogP contribution in [0.25, 0.3) is 0 Å². The predicted octanol–water partition coefficient (Wildman–Crippen LogP) is 0.511. The molecule has 1 saturated heterocycles. The molecule has 0 aliphatic carbocycles. The van der Waals surface area contributed by atoms with E-state index >= 15 is 0 Å². The Morgan fingerprint density at radius 1 is 1.44 bits per heavy atom. The fourth-order valence-corrected chi connectivity index (χ4v) is 1.87. The standard InChI is InChI=1S/C12H22N2O4/c1-12(2,10(16)17)4-5-13-11(18)14-6-3-9(7-14)8-15/h9,15H,3-8H2,1-2H3,(H,13,18)(H,16,17). The zero-order valence-corrected chi connectivity index (χ0v) is 11.0. The van der Waals surface area contributed by atoms with Gasteiger partial charge >= 0.3 is 12.0 Å². The number of hydrogen-bond acceptors (Lipinski definition) is 3. The Balaban J connectivity index is 2.28. The maximum Gasteiger partial charge on any atom is 0.317 e.